The van der Waals surface area contributed by atoms with Crippen molar-refractivity contribution in [3.8, 4) is 16.9 Å². The Balaban J connectivity index is 1.51. The van der Waals surface area contributed by atoms with E-state index in [4.69, 9.17) is 4.74 Å². The van der Waals surface area contributed by atoms with Gasteiger partial charge in [-0.05, 0) is 67.5 Å². The minimum Gasteiger partial charge on any atom is -0.497 e. The largest absolute Gasteiger partial charge is 0.497 e. The van der Waals surface area contributed by atoms with Crippen molar-refractivity contribution in [3.05, 3.63) is 54.1 Å². The number of rotatable bonds is 7. The van der Waals surface area contributed by atoms with Gasteiger partial charge < -0.3 is 15.4 Å². The maximum Gasteiger partial charge on any atom is 0.251 e. The van der Waals surface area contributed by atoms with Gasteiger partial charge in [0.25, 0.3) is 5.91 Å². The Bertz CT molecular complexity index is 800. The van der Waals surface area contributed by atoms with E-state index in [0.717, 1.165) is 36.1 Å². The van der Waals surface area contributed by atoms with Crippen LogP contribution in [0.25, 0.3) is 11.1 Å². The summed E-state index contributed by atoms with van der Waals surface area (Å²) in [5.41, 5.74) is 2.78. The van der Waals surface area contributed by atoms with Crippen molar-refractivity contribution < 1.29 is 14.3 Å². The monoisotopic (exact) mass is 380 g/mol. The summed E-state index contributed by atoms with van der Waals surface area (Å²) in [7, 11) is 1.65. The van der Waals surface area contributed by atoms with Crippen LogP contribution in [0.15, 0.2) is 48.5 Å². The fraction of sp³-hybridized carbons (Fsp3) is 0.391. The third kappa shape index (κ3) is 4.91. The molecule has 1 aliphatic rings. The number of nitrogens with one attached hydrogen (secondary N) is 2. The summed E-state index contributed by atoms with van der Waals surface area (Å²) in [5.74, 6) is 1.36. The SMILES string of the molecule is CCNC(=O)[C@H]1CC[C@@H](CNC(=O)c2ccc(-c3ccc(OC)cc3)cc2)C1. The molecule has 0 bridgehead atoms. The van der Waals surface area contributed by atoms with Crippen molar-refractivity contribution in [2.24, 2.45) is 11.8 Å². The number of methoxy groups -OCH3 is 1. The van der Waals surface area contributed by atoms with Gasteiger partial charge in [-0.1, -0.05) is 24.3 Å². The molecule has 2 aromatic carbocycles. The van der Waals surface area contributed by atoms with E-state index in [1.807, 2.05) is 55.5 Å². The van der Waals surface area contributed by atoms with Gasteiger partial charge in [-0.15, -0.1) is 0 Å². The van der Waals surface area contributed by atoms with Gasteiger partial charge in [0.2, 0.25) is 5.91 Å². The quantitative estimate of drug-likeness (QED) is 0.771. The molecule has 2 amide bonds. The number of amides is 2. The lowest BCUT2D eigenvalue weighted by Gasteiger charge is -2.13. The highest BCUT2D eigenvalue weighted by Gasteiger charge is 2.29. The van der Waals surface area contributed by atoms with E-state index in [-0.39, 0.29) is 17.7 Å². The molecule has 0 saturated heterocycles. The van der Waals surface area contributed by atoms with Crippen LogP contribution in [0.5, 0.6) is 5.75 Å². The molecule has 3 rings (SSSR count). The fourth-order valence-corrected chi connectivity index (χ4v) is 3.75. The predicted octanol–water partition coefficient (Wildman–Crippen LogP) is 3.64. The highest BCUT2D eigenvalue weighted by molar-refractivity contribution is 5.94. The van der Waals surface area contributed by atoms with Crippen LogP contribution in [0.4, 0.5) is 0 Å². The Labute approximate surface area is 166 Å². The smallest absolute Gasteiger partial charge is 0.251 e. The first-order chi connectivity index (χ1) is 13.6. The lowest BCUT2D eigenvalue weighted by molar-refractivity contribution is -0.124. The van der Waals surface area contributed by atoms with Gasteiger partial charge in [0.1, 0.15) is 5.75 Å². The van der Waals surface area contributed by atoms with Crippen LogP contribution in [0, 0.1) is 11.8 Å². The molecular weight excluding hydrogens is 352 g/mol. The fourth-order valence-electron chi connectivity index (χ4n) is 3.75. The zero-order valence-corrected chi connectivity index (χ0v) is 16.5. The topological polar surface area (TPSA) is 67.4 Å². The molecule has 148 valence electrons. The Hall–Kier alpha value is -2.82. The molecule has 5 nitrogen and oxygen atoms in total. The third-order valence-corrected chi connectivity index (χ3v) is 5.38. The molecule has 1 saturated carbocycles. The lowest BCUT2D eigenvalue weighted by Crippen LogP contribution is -2.31. The van der Waals surface area contributed by atoms with Gasteiger partial charge in [-0.3, -0.25) is 9.59 Å². The average molecular weight is 380 g/mol. The summed E-state index contributed by atoms with van der Waals surface area (Å²) in [6.07, 6.45) is 2.74. The van der Waals surface area contributed by atoms with Gasteiger partial charge >= 0.3 is 0 Å². The van der Waals surface area contributed by atoms with Crippen molar-refractivity contribution >= 4 is 11.8 Å². The zero-order chi connectivity index (χ0) is 19.9. The number of benzene rings is 2. The number of ether oxygens (including phenoxy) is 1. The molecule has 5 heteroatoms. The van der Waals surface area contributed by atoms with Crippen molar-refractivity contribution in [2.75, 3.05) is 20.2 Å². The average Bonchev–Trinajstić information content (AvgIpc) is 3.22. The highest BCUT2D eigenvalue weighted by atomic mass is 16.5. The maximum absolute atomic E-state index is 12.4. The highest BCUT2D eigenvalue weighted by Crippen LogP contribution is 2.30. The number of hydrogen-bond donors (Lipinski definition) is 2. The Kier molecular flexibility index (Phi) is 6.69. The van der Waals surface area contributed by atoms with Crippen molar-refractivity contribution in [1.82, 2.24) is 10.6 Å². The summed E-state index contributed by atoms with van der Waals surface area (Å²) >= 11 is 0. The molecule has 0 spiro atoms. The molecule has 0 heterocycles. The van der Waals surface area contributed by atoms with E-state index in [2.05, 4.69) is 10.6 Å². The molecule has 1 fully saturated rings. The van der Waals surface area contributed by atoms with Crippen LogP contribution >= 0.6 is 0 Å². The molecule has 28 heavy (non-hydrogen) atoms. The lowest BCUT2D eigenvalue weighted by atomic mass is 10.0. The van der Waals surface area contributed by atoms with Crippen molar-refractivity contribution in [3.63, 3.8) is 0 Å². The molecular formula is C23H28N2O3. The molecule has 2 N–H and O–H groups in total. The molecule has 2 atom stereocenters. The van der Waals surface area contributed by atoms with Gasteiger partial charge in [0.15, 0.2) is 0 Å². The van der Waals surface area contributed by atoms with Crippen LogP contribution in [0.3, 0.4) is 0 Å². The second kappa shape index (κ2) is 9.40. The maximum atomic E-state index is 12.4. The Morgan fingerprint density at radius 3 is 2.21 bits per heavy atom. The first-order valence-corrected chi connectivity index (χ1v) is 9.91. The summed E-state index contributed by atoms with van der Waals surface area (Å²) in [6.45, 7) is 3.22. The zero-order valence-electron chi connectivity index (χ0n) is 16.5. The normalized spacial score (nSPS) is 18.5. The van der Waals surface area contributed by atoms with Crippen molar-refractivity contribution in [2.45, 2.75) is 26.2 Å². The second-order valence-electron chi connectivity index (χ2n) is 7.29. The summed E-state index contributed by atoms with van der Waals surface area (Å²) in [6, 6.07) is 15.5. The Morgan fingerprint density at radius 1 is 0.964 bits per heavy atom. The molecule has 1 aliphatic carbocycles. The number of hydrogen-bond acceptors (Lipinski definition) is 3. The van der Waals surface area contributed by atoms with Gasteiger partial charge in [-0.25, -0.2) is 0 Å². The van der Waals surface area contributed by atoms with Gasteiger partial charge in [-0.2, -0.15) is 0 Å². The Morgan fingerprint density at radius 2 is 1.61 bits per heavy atom. The van der Waals surface area contributed by atoms with E-state index in [1.165, 1.54) is 0 Å². The third-order valence-electron chi connectivity index (χ3n) is 5.38. The second-order valence-corrected chi connectivity index (χ2v) is 7.29. The first-order valence-electron chi connectivity index (χ1n) is 9.91. The van der Waals surface area contributed by atoms with E-state index in [1.54, 1.807) is 7.11 Å². The molecule has 0 aromatic heterocycles. The van der Waals surface area contributed by atoms with E-state index in [0.29, 0.717) is 24.6 Å². The first kappa shape index (κ1) is 19.9. The summed E-state index contributed by atoms with van der Waals surface area (Å²) in [5, 5.41) is 5.91. The van der Waals surface area contributed by atoms with Crippen LogP contribution in [-0.2, 0) is 4.79 Å². The molecule has 2 aromatic rings. The molecule has 0 unspecified atom stereocenters. The van der Waals surface area contributed by atoms with Gasteiger partial charge in [0.05, 0.1) is 7.11 Å². The van der Waals surface area contributed by atoms with Crippen LogP contribution in [-0.4, -0.2) is 32.0 Å². The van der Waals surface area contributed by atoms with E-state index >= 15 is 0 Å². The number of carbonyl (C=O) groups is 2. The van der Waals surface area contributed by atoms with Gasteiger partial charge in [0, 0.05) is 24.6 Å². The van der Waals surface area contributed by atoms with Crippen molar-refractivity contribution in [1.29, 1.82) is 0 Å². The minimum atomic E-state index is -0.0669. The van der Waals surface area contributed by atoms with Crippen LogP contribution < -0.4 is 15.4 Å². The molecule has 0 aliphatic heterocycles. The van der Waals surface area contributed by atoms with E-state index in [9.17, 15) is 9.59 Å². The van der Waals surface area contributed by atoms with E-state index < -0.39 is 0 Å². The minimum absolute atomic E-state index is 0.0669. The number of carbonyl (C=O) groups excluding carboxylic acids is 2. The summed E-state index contributed by atoms with van der Waals surface area (Å²) in [4.78, 5) is 24.4. The standard InChI is InChI=1S/C23H28N2O3/c1-3-24-23(27)20-5-4-16(14-20)15-25-22(26)19-8-6-17(7-9-19)18-10-12-21(28-2)13-11-18/h6-13,16,20H,3-5,14-15H2,1-2H3,(H,24,27)(H,25,26)/t16-,20+/m1/s1. The van der Waals surface area contributed by atoms with Crippen LogP contribution in [0.1, 0.15) is 36.5 Å². The predicted molar refractivity (Wildman–Crippen MR) is 110 cm³/mol. The summed E-state index contributed by atoms with van der Waals surface area (Å²) < 4.78 is 5.18. The van der Waals surface area contributed by atoms with Crippen LogP contribution in [0.2, 0.25) is 0 Å². The molecule has 0 radical (unpaired) electrons.